The Balaban J connectivity index is 1.62. The second-order valence-electron chi connectivity index (χ2n) is 6.65. The molecule has 2 aromatic carbocycles. The van der Waals surface area contributed by atoms with E-state index in [2.05, 4.69) is 20.8 Å². The molecule has 0 atom stereocenters. The van der Waals surface area contributed by atoms with E-state index in [4.69, 9.17) is 23.2 Å². The molecule has 1 aliphatic carbocycles. The molecule has 142 valence electrons. The van der Waals surface area contributed by atoms with Crippen LogP contribution < -0.4 is 10.7 Å². The van der Waals surface area contributed by atoms with Crippen LogP contribution in [0.5, 0.6) is 0 Å². The average Bonchev–Trinajstić information content (AvgIpc) is 3.43. The van der Waals surface area contributed by atoms with Crippen molar-refractivity contribution >= 4 is 34.9 Å². The molecule has 7 heteroatoms. The standard InChI is InChI=1S/C20H21Cl2FN4/c1-13(17-8-5-15(21)11-18(17)22)26-27-19(24-2)25-12-20(9-10-20)14-3-6-16(23)7-4-14/h3-8,11H,9-10,12H2,1-2H3,(H2,24,25,27)/b26-13+. The molecule has 2 N–H and O–H groups in total. The summed E-state index contributed by atoms with van der Waals surface area (Å²) in [7, 11) is 1.69. The lowest BCUT2D eigenvalue weighted by Gasteiger charge is -2.18. The highest BCUT2D eigenvalue weighted by Gasteiger charge is 2.44. The van der Waals surface area contributed by atoms with Crippen LogP contribution >= 0.6 is 23.2 Å². The van der Waals surface area contributed by atoms with E-state index in [0.717, 1.165) is 29.7 Å². The maximum absolute atomic E-state index is 13.2. The minimum Gasteiger partial charge on any atom is -0.354 e. The predicted octanol–water partition coefficient (Wildman–Crippen LogP) is 4.75. The monoisotopic (exact) mass is 406 g/mol. The fourth-order valence-electron chi connectivity index (χ4n) is 2.92. The largest absolute Gasteiger partial charge is 0.354 e. The predicted molar refractivity (Wildman–Crippen MR) is 110 cm³/mol. The Bertz CT molecular complexity index is 874. The van der Waals surface area contributed by atoms with Crippen molar-refractivity contribution in [3.8, 4) is 0 Å². The normalized spacial score (nSPS) is 16.2. The van der Waals surface area contributed by atoms with Crippen molar-refractivity contribution in [2.75, 3.05) is 13.6 Å². The Labute approximate surface area is 168 Å². The highest BCUT2D eigenvalue weighted by molar-refractivity contribution is 6.37. The van der Waals surface area contributed by atoms with Gasteiger partial charge in [-0.15, -0.1) is 0 Å². The molecule has 1 saturated carbocycles. The van der Waals surface area contributed by atoms with Crippen LogP contribution in [0, 0.1) is 5.82 Å². The summed E-state index contributed by atoms with van der Waals surface area (Å²) in [6.07, 6.45) is 2.12. The van der Waals surface area contributed by atoms with Gasteiger partial charge in [0.1, 0.15) is 5.82 Å². The van der Waals surface area contributed by atoms with Gasteiger partial charge in [-0.05, 0) is 49.6 Å². The molecule has 0 amide bonds. The molecule has 0 unspecified atom stereocenters. The fraction of sp³-hybridized carbons (Fsp3) is 0.300. The molecule has 1 fully saturated rings. The second-order valence-corrected chi connectivity index (χ2v) is 7.49. The van der Waals surface area contributed by atoms with Gasteiger partial charge >= 0.3 is 0 Å². The lowest BCUT2D eigenvalue weighted by Crippen LogP contribution is -2.39. The van der Waals surface area contributed by atoms with Crippen LogP contribution in [0.4, 0.5) is 4.39 Å². The minimum atomic E-state index is -0.217. The van der Waals surface area contributed by atoms with E-state index in [1.165, 1.54) is 12.1 Å². The lowest BCUT2D eigenvalue weighted by molar-refractivity contribution is 0.618. The zero-order valence-corrected chi connectivity index (χ0v) is 16.7. The molecule has 0 saturated heterocycles. The first-order valence-corrected chi connectivity index (χ1v) is 9.41. The van der Waals surface area contributed by atoms with Crippen molar-refractivity contribution in [1.82, 2.24) is 10.7 Å². The molecule has 0 bridgehead atoms. The summed E-state index contributed by atoms with van der Waals surface area (Å²) >= 11 is 12.1. The van der Waals surface area contributed by atoms with Crippen molar-refractivity contribution in [2.45, 2.75) is 25.2 Å². The average molecular weight is 407 g/mol. The van der Waals surface area contributed by atoms with Crippen molar-refractivity contribution in [2.24, 2.45) is 10.1 Å². The zero-order valence-electron chi connectivity index (χ0n) is 15.2. The maximum atomic E-state index is 13.2. The van der Waals surface area contributed by atoms with E-state index in [-0.39, 0.29) is 11.2 Å². The van der Waals surface area contributed by atoms with E-state index in [1.807, 2.05) is 25.1 Å². The molecule has 0 aromatic heterocycles. The third-order valence-electron chi connectivity index (χ3n) is 4.78. The number of hydrogen-bond donors (Lipinski definition) is 2. The second kappa shape index (κ2) is 8.28. The Morgan fingerprint density at radius 3 is 2.44 bits per heavy atom. The molecular weight excluding hydrogens is 386 g/mol. The molecule has 2 aromatic rings. The third-order valence-corrected chi connectivity index (χ3v) is 5.33. The van der Waals surface area contributed by atoms with Gasteiger partial charge in [-0.3, -0.25) is 4.99 Å². The molecule has 0 radical (unpaired) electrons. The Hall–Kier alpha value is -2.11. The van der Waals surface area contributed by atoms with Gasteiger partial charge in [-0.1, -0.05) is 41.4 Å². The first-order valence-electron chi connectivity index (χ1n) is 8.66. The Morgan fingerprint density at radius 2 is 1.85 bits per heavy atom. The number of hydrogen-bond acceptors (Lipinski definition) is 2. The number of benzene rings is 2. The Morgan fingerprint density at radius 1 is 1.15 bits per heavy atom. The van der Waals surface area contributed by atoms with Gasteiger partial charge in [-0.25, -0.2) is 9.82 Å². The summed E-state index contributed by atoms with van der Waals surface area (Å²) in [5.41, 5.74) is 5.64. The molecule has 1 aliphatic rings. The van der Waals surface area contributed by atoms with E-state index in [9.17, 15) is 4.39 Å². The van der Waals surface area contributed by atoms with Crippen LogP contribution in [0.25, 0.3) is 0 Å². The van der Waals surface area contributed by atoms with Gasteiger partial charge in [-0.2, -0.15) is 5.10 Å². The molecule has 27 heavy (non-hydrogen) atoms. The molecule has 0 spiro atoms. The van der Waals surface area contributed by atoms with Gasteiger partial charge in [0.15, 0.2) is 0 Å². The Kier molecular flexibility index (Phi) is 6.02. The highest BCUT2D eigenvalue weighted by atomic mass is 35.5. The number of hydrazone groups is 1. The summed E-state index contributed by atoms with van der Waals surface area (Å²) in [4.78, 5) is 4.20. The first kappa shape index (κ1) is 19.6. The fourth-order valence-corrected chi connectivity index (χ4v) is 3.47. The quantitative estimate of drug-likeness (QED) is 0.427. The summed E-state index contributed by atoms with van der Waals surface area (Å²) < 4.78 is 13.2. The van der Waals surface area contributed by atoms with Crippen LogP contribution in [0.15, 0.2) is 52.6 Å². The van der Waals surface area contributed by atoms with Crippen molar-refractivity contribution in [3.05, 3.63) is 69.5 Å². The van der Waals surface area contributed by atoms with E-state index in [0.29, 0.717) is 22.5 Å². The number of aliphatic imine (C=N–C) groups is 1. The van der Waals surface area contributed by atoms with Crippen molar-refractivity contribution in [3.63, 3.8) is 0 Å². The first-order chi connectivity index (χ1) is 12.9. The van der Waals surface area contributed by atoms with E-state index in [1.54, 1.807) is 19.2 Å². The maximum Gasteiger partial charge on any atom is 0.211 e. The van der Waals surface area contributed by atoms with Crippen LogP contribution in [0.3, 0.4) is 0 Å². The number of guanidine groups is 1. The van der Waals surface area contributed by atoms with E-state index < -0.39 is 0 Å². The summed E-state index contributed by atoms with van der Waals surface area (Å²) in [6, 6.07) is 12.0. The number of halogens is 3. The SMILES string of the molecule is CN=C(NCC1(c2ccc(F)cc2)CC1)N/N=C(\C)c1ccc(Cl)cc1Cl. The van der Waals surface area contributed by atoms with Crippen LogP contribution in [-0.2, 0) is 5.41 Å². The number of rotatable bonds is 5. The van der Waals surface area contributed by atoms with Crippen molar-refractivity contribution in [1.29, 1.82) is 0 Å². The third kappa shape index (κ3) is 4.79. The van der Waals surface area contributed by atoms with E-state index >= 15 is 0 Å². The summed E-state index contributed by atoms with van der Waals surface area (Å²) in [5.74, 6) is 0.346. The molecule has 0 aliphatic heterocycles. The van der Waals surface area contributed by atoms with Crippen LogP contribution in [0.2, 0.25) is 10.0 Å². The zero-order chi connectivity index (χ0) is 19.4. The van der Waals surface area contributed by atoms with Crippen LogP contribution in [0.1, 0.15) is 30.9 Å². The van der Waals surface area contributed by atoms with Crippen molar-refractivity contribution < 1.29 is 4.39 Å². The molecule has 4 nitrogen and oxygen atoms in total. The van der Waals surface area contributed by atoms with Gasteiger partial charge in [0.05, 0.1) is 10.7 Å². The minimum absolute atomic E-state index is 0.0313. The van der Waals surface area contributed by atoms with Gasteiger partial charge in [0.2, 0.25) is 5.96 Å². The lowest BCUT2D eigenvalue weighted by atomic mass is 9.96. The summed E-state index contributed by atoms with van der Waals surface area (Å²) in [6.45, 7) is 2.56. The van der Waals surface area contributed by atoms with Gasteiger partial charge in [0, 0.05) is 29.6 Å². The highest BCUT2D eigenvalue weighted by Crippen LogP contribution is 2.47. The summed E-state index contributed by atoms with van der Waals surface area (Å²) in [5, 5.41) is 8.78. The smallest absolute Gasteiger partial charge is 0.211 e. The van der Waals surface area contributed by atoms with Gasteiger partial charge in [0.25, 0.3) is 0 Å². The molecular formula is C20H21Cl2FN4. The number of nitrogens with zero attached hydrogens (tertiary/aromatic N) is 2. The number of nitrogens with one attached hydrogen (secondary N) is 2. The molecule has 3 rings (SSSR count). The van der Waals surface area contributed by atoms with Crippen LogP contribution in [-0.4, -0.2) is 25.3 Å². The topological polar surface area (TPSA) is 48.8 Å². The van der Waals surface area contributed by atoms with Gasteiger partial charge < -0.3 is 5.32 Å². The molecule has 0 heterocycles.